The van der Waals surface area contributed by atoms with Gasteiger partial charge in [0.15, 0.2) is 5.82 Å². The molecule has 0 fully saturated rings. The molecular formula is C10H15N5S2. The Morgan fingerprint density at radius 2 is 2.06 bits per heavy atom. The molecule has 92 valence electrons. The molecule has 0 amide bonds. The van der Waals surface area contributed by atoms with Crippen LogP contribution in [0.5, 0.6) is 0 Å². The Kier molecular flexibility index (Phi) is 4.03. The lowest BCUT2D eigenvalue weighted by Gasteiger charge is -2.15. The number of rotatable bonds is 5. The van der Waals surface area contributed by atoms with E-state index in [2.05, 4.69) is 38.9 Å². The SMILES string of the molecule is CCN(CC)Cc1nc(-c2nc(=S)[nH][nH]2)cs1. The number of nitrogens with one attached hydrogen (secondary N) is 2. The molecular weight excluding hydrogens is 254 g/mol. The van der Waals surface area contributed by atoms with E-state index < -0.39 is 0 Å². The monoisotopic (exact) mass is 269 g/mol. The summed E-state index contributed by atoms with van der Waals surface area (Å²) in [7, 11) is 0. The maximum Gasteiger partial charge on any atom is 0.213 e. The number of H-pyrrole nitrogens is 2. The van der Waals surface area contributed by atoms with Crippen LogP contribution in [0, 0.1) is 4.77 Å². The first-order valence-corrected chi connectivity index (χ1v) is 6.83. The maximum atomic E-state index is 4.92. The van der Waals surface area contributed by atoms with Crippen LogP contribution < -0.4 is 0 Å². The summed E-state index contributed by atoms with van der Waals surface area (Å²) in [6.07, 6.45) is 0. The molecule has 0 spiro atoms. The summed E-state index contributed by atoms with van der Waals surface area (Å²) in [5, 5.41) is 8.78. The van der Waals surface area contributed by atoms with E-state index >= 15 is 0 Å². The van der Waals surface area contributed by atoms with Gasteiger partial charge in [-0.3, -0.25) is 15.1 Å². The van der Waals surface area contributed by atoms with Gasteiger partial charge in [0.25, 0.3) is 0 Å². The van der Waals surface area contributed by atoms with Gasteiger partial charge in [-0.2, -0.15) is 4.98 Å². The quantitative estimate of drug-likeness (QED) is 0.818. The first-order valence-electron chi connectivity index (χ1n) is 5.54. The fourth-order valence-corrected chi connectivity index (χ4v) is 2.48. The van der Waals surface area contributed by atoms with Crippen molar-refractivity contribution in [2.24, 2.45) is 0 Å². The van der Waals surface area contributed by atoms with E-state index in [1.54, 1.807) is 11.3 Å². The van der Waals surface area contributed by atoms with Gasteiger partial charge < -0.3 is 0 Å². The highest BCUT2D eigenvalue weighted by atomic mass is 32.1. The Morgan fingerprint density at radius 1 is 1.29 bits per heavy atom. The molecule has 0 saturated carbocycles. The van der Waals surface area contributed by atoms with Gasteiger partial charge >= 0.3 is 0 Å². The molecule has 0 aliphatic rings. The molecule has 2 N–H and O–H groups in total. The molecule has 2 rings (SSSR count). The van der Waals surface area contributed by atoms with Crippen LogP contribution in [0.15, 0.2) is 5.38 Å². The van der Waals surface area contributed by atoms with Crippen molar-refractivity contribution in [1.29, 1.82) is 0 Å². The molecule has 7 heteroatoms. The van der Waals surface area contributed by atoms with Gasteiger partial charge in [-0.25, -0.2) is 4.98 Å². The minimum atomic E-state index is 0.457. The van der Waals surface area contributed by atoms with Gasteiger partial charge in [-0.05, 0) is 25.3 Å². The normalized spacial score (nSPS) is 11.2. The lowest BCUT2D eigenvalue weighted by Crippen LogP contribution is -2.21. The van der Waals surface area contributed by atoms with Crippen molar-refractivity contribution in [3.05, 3.63) is 15.2 Å². The molecule has 0 aliphatic heterocycles. The number of hydrogen-bond acceptors (Lipinski definition) is 5. The summed E-state index contributed by atoms with van der Waals surface area (Å²) in [5.74, 6) is 0.706. The number of nitrogens with zero attached hydrogens (tertiary/aromatic N) is 3. The van der Waals surface area contributed by atoms with Gasteiger partial charge in [0.05, 0.1) is 6.54 Å². The zero-order valence-electron chi connectivity index (χ0n) is 9.86. The fraction of sp³-hybridized carbons (Fsp3) is 0.500. The number of aromatic amines is 2. The fourth-order valence-electron chi connectivity index (χ4n) is 1.52. The Hall–Kier alpha value is -1.05. The summed E-state index contributed by atoms with van der Waals surface area (Å²) in [6.45, 7) is 7.28. The predicted octanol–water partition coefficient (Wildman–Crippen LogP) is 2.43. The van der Waals surface area contributed by atoms with Crippen molar-refractivity contribution in [1.82, 2.24) is 25.1 Å². The average molecular weight is 269 g/mol. The van der Waals surface area contributed by atoms with E-state index in [0.29, 0.717) is 10.6 Å². The van der Waals surface area contributed by atoms with Crippen LogP contribution >= 0.6 is 23.6 Å². The number of hydrogen-bond donors (Lipinski definition) is 2. The summed E-state index contributed by atoms with van der Waals surface area (Å²) >= 11 is 6.57. The van der Waals surface area contributed by atoms with Crippen molar-refractivity contribution in [3.8, 4) is 11.5 Å². The number of thiazole rings is 1. The molecule has 0 bridgehead atoms. The van der Waals surface area contributed by atoms with Crippen molar-refractivity contribution >= 4 is 23.6 Å². The first kappa shape index (κ1) is 12.4. The third-order valence-corrected chi connectivity index (χ3v) is 3.58. The van der Waals surface area contributed by atoms with E-state index in [4.69, 9.17) is 12.2 Å². The maximum absolute atomic E-state index is 4.92. The van der Waals surface area contributed by atoms with Gasteiger partial charge in [-0.1, -0.05) is 13.8 Å². The molecule has 5 nitrogen and oxygen atoms in total. The zero-order valence-corrected chi connectivity index (χ0v) is 11.5. The summed E-state index contributed by atoms with van der Waals surface area (Å²) in [4.78, 5) is 11.0. The molecule has 0 saturated heterocycles. The highest BCUT2D eigenvalue weighted by Gasteiger charge is 2.09. The Morgan fingerprint density at radius 3 is 2.65 bits per heavy atom. The van der Waals surface area contributed by atoms with E-state index in [-0.39, 0.29) is 0 Å². The Bertz CT molecular complexity index is 523. The van der Waals surface area contributed by atoms with Crippen molar-refractivity contribution in [3.63, 3.8) is 0 Å². The van der Waals surface area contributed by atoms with E-state index in [9.17, 15) is 0 Å². The second kappa shape index (κ2) is 5.52. The van der Waals surface area contributed by atoms with Gasteiger partial charge in [0.1, 0.15) is 10.7 Å². The van der Waals surface area contributed by atoms with Crippen LogP contribution in [0.1, 0.15) is 18.9 Å². The van der Waals surface area contributed by atoms with Crippen molar-refractivity contribution in [2.75, 3.05) is 13.1 Å². The third kappa shape index (κ3) is 2.99. The largest absolute Gasteiger partial charge is 0.297 e. The van der Waals surface area contributed by atoms with Crippen LogP contribution in [-0.2, 0) is 6.54 Å². The van der Waals surface area contributed by atoms with E-state index in [1.165, 1.54) is 0 Å². The van der Waals surface area contributed by atoms with Crippen LogP contribution in [-0.4, -0.2) is 38.2 Å². The van der Waals surface area contributed by atoms with Crippen molar-refractivity contribution in [2.45, 2.75) is 20.4 Å². The summed E-state index contributed by atoms with van der Waals surface area (Å²) in [5.41, 5.74) is 0.851. The molecule has 0 radical (unpaired) electrons. The Labute approximate surface area is 109 Å². The highest BCUT2D eigenvalue weighted by molar-refractivity contribution is 7.71. The van der Waals surface area contributed by atoms with Crippen molar-refractivity contribution < 1.29 is 0 Å². The van der Waals surface area contributed by atoms with E-state index in [1.807, 2.05) is 5.38 Å². The minimum absolute atomic E-state index is 0.457. The predicted molar refractivity (Wildman–Crippen MR) is 71.5 cm³/mol. The molecule has 0 atom stereocenters. The molecule has 0 unspecified atom stereocenters. The molecule has 0 aromatic carbocycles. The third-order valence-electron chi connectivity index (χ3n) is 2.55. The van der Waals surface area contributed by atoms with Crippen LogP contribution in [0.3, 0.4) is 0 Å². The number of aromatic nitrogens is 4. The second-order valence-electron chi connectivity index (χ2n) is 3.60. The topological polar surface area (TPSA) is 60.6 Å². The van der Waals surface area contributed by atoms with Gasteiger partial charge in [0, 0.05) is 5.38 Å². The van der Waals surface area contributed by atoms with Gasteiger partial charge in [0.2, 0.25) is 4.77 Å². The molecule has 2 aromatic rings. The standard InChI is InChI=1S/C10H15N5S2/c1-3-15(4-2)5-8-11-7(6-17-8)9-12-10(16)14-13-9/h6H,3-5H2,1-2H3,(H2,12,13,14,16). The highest BCUT2D eigenvalue weighted by Crippen LogP contribution is 2.19. The lowest BCUT2D eigenvalue weighted by atomic mass is 10.4. The van der Waals surface area contributed by atoms with E-state index in [0.717, 1.165) is 30.3 Å². The van der Waals surface area contributed by atoms with Crippen LogP contribution in [0.4, 0.5) is 0 Å². The van der Waals surface area contributed by atoms with Crippen LogP contribution in [0.25, 0.3) is 11.5 Å². The summed E-state index contributed by atoms with van der Waals surface area (Å²) in [6, 6.07) is 0. The van der Waals surface area contributed by atoms with Gasteiger partial charge in [-0.15, -0.1) is 11.3 Å². The molecule has 0 aliphatic carbocycles. The average Bonchev–Trinajstić information content (AvgIpc) is 2.94. The molecule has 2 heterocycles. The summed E-state index contributed by atoms with van der Waals surface area (Å²) < 4.78 is 0.457. The Balaban J connectivity index is 2.13. The first-order chi connectivity index (χ1) is 8.22. The smallest absolute Gasteiger partial charge is 0.213 e. The van der Waals surface area contributed by atoms with Crippen LogP contribution in [0.2, 0.25) is 0 Å². The lowest BCUT2D eigenvalue weighted by molar-refractivity contribution is 0.295. The zero-order chi connectivity index (χ0) is 12.3. The second-order valence-corrected chi connectivity index (χ2v) is 4.93. The molecule has 17 heavy (non-hydrogen) atoms. The molecule has 2 aromatic heterocycles. The minimum Gasteiger partial charge on any atom is -0.297 e.